The summed E-state index contributed by atoms with van der Waals surface area (Å²) in [5.41, 5.74) is 4.17. The van der Waals surface area contributed by atoms with Gasteiger partial charge in [0.2, 0.25) is 0 Å². The van der Waals surface area contributed by atoms with Crippen LogP contribution in [-0.2, 0) is 6.42 Å². The number of aromatic nitrogens is 3. The monoisotopic (exact) mass is 468 g/mol. The van der Waals surface area contributed by atoms with Gasteiger partial charge in [-0.2, -0.15) is 9.78 Å². The smallest absolute Gasteiger partial charge is 0.282 e. The topological polar surface area (TPSA) is 52.2 Å². The molecular formula is C24H29BrN4O. The summed E-state index contributed by atoms with van der Waals surface area (Å²) in [7, 11) is 0. The van der Waals surface area contributed by atoms with Crippen LogP contribution in [0.3, 0.4) is 0 Å². The summed E-state index contributed by atoms with van der Waals surface area (Å²) < 4.78 is 4.81. The summed E-state index contributed by atoms with van der Waals surface area (Å²) in [6.45, 7) is 6.46. The minimum absolute atomic E-state index is 0.117. The summed E-state index contributed by atoms with van der Waals surface area (Å²) >= 11 is 3.46. The number of benzene rings is 1. The Hall–Kier alpha value is -2.21. The number of hydrogen-bond acceptors (Lipinski definition) is 3. The molecule has 1 saturated carbocycles. The number of aryl methyl sites for hydroxylation is 2. The second kappa shape index (κ2) is 8.88. The number of rotatable bonds is 6. The van der Waals surface area contributed by atoms with E-state index in [1.807, 2.05) is 24.4 Å². The second-order valence-electron chi connectivity index (χ2n) is 8.29. The molecule has 1 fully saturated rings. The standard InChI is InChI=1S/C24H29BrN4O/c1-4-5-10-23-27-22-12-11-19(25)14-21(22)24(30)29(23)26-15-18-13-16(2)28(17(18)3)20-8-6-7-9-20/h11-15,20H,4-10H2,1-3H3. The van der Waals surface area contributed by atoms with E-state index in [9.17, 15) is 4.79 Å². The second-order valence-corrected chi connectivity index (χ2v) is 9.21. The highest BCUT2D eigenvalue weighted by Crippen LogP contribution is 2.33. The van der Waals surface area contributed by atoms with Gasteiger partial charge in [-0.25, -0.2) is 4.98 Å². The lowest BCUT2D eigenvalue weighted by Crippen LogP contribution is -2.22. The van der Waals surface area contributed by atoms with Crippen LogP contribution in [0.1, 0.15) is 74.3 Å². The van der Waals surface area contributed by atoms with E-state index in [2.05, 4.69) is 52.4 Å². The van der Waals surface area contributed by atoms with Crippen LogP contribution in [0, 0.1) is 13.8 Å². The lowest BCUT2D eigenvalue weighted by atomic mass is 10.2. The molecule has 0 atom stereocenters. The Kier molecular flexibility index (Phi) is 6.23. The quantitative estimate of drug-likeness (QED) is 0.421. The van der Waals surface area contributed by atoms with E-state index in [0.717, 1.165) is 40.6 Å². The van der Waals surface area contributed by atoms with Crippen molar-refractivity contribution in [3.63, 3.8) is 0 Å². The number of hydrogen-bond donors (Lipinski definition) is 0. The van der Waals surface area contributed by atoms with Crippen molar-refractivity contribution >= 4 is 33.0 Å². The van der Waals surface area contributed by atoms with Crippen molar-refractivity contribution in [1.82, 2.24) is 14.2 Å². The van der Waals surface area contributed by atoms with Crippen LogP contribution in [0.15, 0.2) is 38.6 Å². The van der Waals surface area contributed by atoms with Crippen LogP contribution < -0.4 is 5.56 Å². The molecule has 30 heavy (non-hydrogen) atoms. The van der Waals surface area contributed by atoms with E-state index in [1.54, 1.807) is 0 Å². The van der Waals surface area contributed by atoms with Crippen LogP contribution in [0.25, 0.3) is 10.9 Å². The van der Waals surface area contributed by atoms with Crippen molar-refractivity contribution in [2.24, 2.45) is 5.10 Å². The molecule has 5 nitrogen and oxygen atoms in total. The number of fused-ring (bicyclic) bond motifs is 1. The van der Waals surface area contributed by atoms with Crippen LogP contribution >= 0.6 is 15.9 Å². The van der Waals surface area contributed by atoms with Gasteiger partial charge in [0.1, 0.15) is 5.82 Å². The SMILES string of the molecule is CCCCc1nc2ccc(Br)cc2c(=O)n1N=Cc1cc(C)n(C2CCCC2)c1C. The van der Waals surface area contributed by atoms with Gasteiger partial charge in [-0.1, -0.05) is 42.1 Å². The molecule has 0 aliphatic heterocycles. The molecule has 3 aromatic rings. The lowest BCUT2D eigenvalue weighted by Gasteiger charge is -2.17. The van der Waals surface area contributed by atoms with Crippen molar-refractivity contribution in [2.45, 2.75) is 71.8 Å². The molecule has 6 heteroatoms. The summed E-state index contributed by atoms with van der Waals surface area (Å²) in [5, 5.41) is 5.22. The molecule has 0 N–H and O–H groups in total. The van der Waals surface area contributed by atoms with Crippen molar-refractivity contribution in [3.8, 4) is 0 Å². The van der Waals surface area contributed by atoms with E-state index in [0.29, 0.717) is 11.4 Å². The van der Waals surface area contributed by atoms with Gasteiger partial charge in [0.05, 0.1) is 17.1 Å². The first-order valence-corrected chi connectivity index (χ1v) is 11.7. The Labute approximate surface area is 186 Å². The van der Waals surface area contributed by atoms with Gasteiger partial charge in [-0.3, -0.25) is 4.79 Å². The molecule has 2 heterocycles. The number of unbranched alkanes of at least 4 members (excludes halogenated alkanes) is 1. The third-order valence-electron chi connectivity index (χ3n) is 6.15. The maximum Gasteiger partial charge on any atom is 0.282 e. The summed E-state index contributed by atoms with van der Waals surface area (Å²) in [6, 6.07) is 8.41. The van der Waals surface area contributed by atoms with Crippen molar-refractivity contribution in [2.75, 3.05) is 0 Å². The summed E-state index contributed by atoms with van der Waals surface area (Å²) in [4.78, 5) is 18.0. The van der Waals surface area contributed by atoms with Crippen LogP contribution in [0.5, 0.6) is 0 Å². The van der Waals surface area contributed by atoms with E-state index in [-0.39, 0.29) is 5.56 Å². The fourth-order valence-electron chi connectivity index (χ4n) is 4.59. The van der Waals surface area contributed by atoms with E-state index < -0.39 is 0 Å². The predicted molar refractivity (Wildman–Crippen MR) is 127 cm³/mol. The Morgan fingerprint density at radius 3 is 2.73 bits per heavy atom. The predicted octanol–water partition coefficient (Wildman–Crippen LogP) is 5.92. The largest absolute Gasteiger partial charge is 0.345 e. The zero-order valence-corrected chi connectivity index (χ0v) is 19.6. The maximum absolute atomic E-state index is 13.2. The number of nitrogens with zero attached hydrogens (tertiary/aromatic N) is 4. The molecule has 0 unspecified atom stereocenters. The third kappa shape index (κ3) is 4.02. The minimum atomic E-state index is -0.117. The van der Waals surface area contributed by atoms with E-state index >= 15 is 0 Å². The van der Waals surface area contributed by atoms with Crippen molar-refractivity contribution in [1.29, 1.82) is 0 Å². The molecule has 2 aromatic heterocycles. The average molecular weight is 469 g/mol. The molecule has 0 radical (unpaired) electrons. The normalized spacial score (nSPS) is 15.1. The molecule has 158 valence electrons. The Morgan fingerprint density at radius 2 is 2.00 bits per heavy atom. The molecule has 0 spiro atoms. The van der Waals surface area contributed by atoms with Gasteiger partial charge < -0.3 is 4.57 Å². The van der Waals surface area contributed by atoms with Crippen molar-refractivity contribution in [3.05, 3.63) is 61.9 Å². The lowest BCUT2D eigenvalue weighted by molar-refractivity contribution is 0.500. The summed E-state index contributed by atoms with van der Waals surface area (Å²) in [6.07, 6.45) is 9.68. The van der Waals surface area contributed by atoms with E-state index in [1.165, 1.54) is 41.7 Å². The van der Waals surface area contributed by atoms with Crippen molar-refractivity contribution < 1.29 is 0 Å². The molecule has 0 bridgehead atoms. The van der Waals surface area contributed by atoms with Gasteiger partial charge in [0, 0.05) is 33.9 Å². The minimum Gasteiger partial charge on any atom is -0.345 e. The third-order valence-corrected chi connectivity index (χ3v) is 6.65. The van der Waals surface area contributed by atoms with Gasteiger partial charge in [-0.15, -0.1) is 0 Å². The molecule has 0 saturated heterocycles. The van der Waals surface area contributed by atoms with E-state index in [4.69, 9.17) is 4.98 Å². The first-order chi connectivity index (χ1) is 14.5. The first kappa shape index (κ1) is 21.0. The fourth-order valence-corrected chi connectivity index (χ4v) is 4.95. The molecule has 4 rings (SSSR count). The van der Waals surface area contributed by atoms with Gasteiger partial charge >= 0.3 is 0 Å². The van der Waals surface area contributed by atoms with Crippen LogP contribution in [-0.4, -0.2) is 20.4 Å². The first-order valence-electron chi connectivity index (χ1n) is 10.9. The highest BCUT2D eigenvalue weighted by atomic mass is 79.9. The van der Waals surface area contributed by atoms with Crippen LogP contribution in [0.2, 0.25) is 0 Å². The fraction of sp³-hybridized carbons (Fsp3) is 0.458. The van der Waals surface area contributed by atoms with Gasteiger partial charge in [-0.05, 0) is 57.4 Å². The maximum atomic E-state index is 13.2. The van der Waals surface area contributed by atoms with Gasteiger partial charge in [0.15, 0.2) is 0 Å². The Balaban J connectivity index is 1.77. The zero-order chi connectivity index (χ0) is 21.3. The molecule has 1 aromatic carbocycles. The Morgan fingerprint density at radius 1 is 1.23 bits per heavy atom. The molecular weight excluding hydrogens is 440 g/mol. The molecule has 1 aliphatic carbocycles. The van der Waals surface area contributed by atoms with Gasteiger partial charge in [0.25, 0.3) is 5.56 Å². The average Bonchev–Trinajstić information content (AvgIpc) is 3.34. The number of halogens is 1. The molecule has 0 amide bonds. The Bertz CT molecular complexity index is 1150. The zero-order valence-electron chi connectivity index (χ0n) is 18.0. The molecule has 1 aliphatic rings. The highest BCUT2D eigenvalue weighted by Gasteiger charge is 2.21. The van der Waals surface area contributed by atoms with Crippen LogP contribution in [0.4, 0.5) is 0 Å². The highest BCUT2D eigenvalue weighted by molar-refractivity contribution is 9.10. The summed E-state index contributed by atoms with van der Waals surface area (Å²) in [5.74, 6) is 0.720.